The summed E-state index contributed by atoms with van der Waals surface area (Å²) in [5, 5.41) is 10.3. The lowest BCUT2D eigenvalue weighted by Gasteiger charge is -2.05. The van der Waals surface area contributed by atoms with Gasteiger partial charge in [0.2, 0.25) is 0 Å². The van der Waals surface area contributed by atoms with Crippen LogP contribution in [0.15, 0.2) is 36.4 Å². The van der Waals surface area contributed by atoms with E-state index in [0.717, 1.165) is 20.8 Å². The summed E-state index contributed by atoms with van der Waals surface area (Å²) in [6.45, 7) is -0.501. The molecular weight excluding hydrogens is 322 g/mol. The number of hydrogen-bond acceptors (Lipinski definition) is 5. The van der Waals surface area contributed by atoms with Crippen LogP contribution in [0.1, 0.15) is 10.4 Å². The number of aromatic nitrogens is 1. The molecule has 0 unspecified atom stereocenters. The Bertz CT molecular complexity index is 860. The van der Waals surface area contributed by atoms with Crippen molar-refractivity contribution >= 4 is 38.9 Å². The Labute approximate surface area is 135 Å². The van der Waals surface area contributed by atoms with Crippen LogP contribution in [0.25, 0.3) is 20.8 Å². The fraction of sp³-hybridized carbons (Fsp3) is 0.125. The SMILES string of the molecule is COc1ccc(Cl)cc1-c1nc2ccc(C(=O)CO)cc2s1. The van der Waals surface area contributed by atoms with Crippen molar-refractivity contribution in [2.24, 2.45) is 0 Å². The zero-order valence-corrected chi connectivity index (χ0v) is 13.2. The molecule has 0 atom stereocenters. The number of nitrogens with zero attached hydrogens (tertiary/aromatic N) is 1. The van der Waals surface area contributed by atoms with Gasteiger partial charge >= 0.3 is 0 Å². The minimum Gasteiger partial charge on any atom is -0.496 e. The number of fused-ring (bicyclic) bond motifs is 1. The van der Waals surface area contributed by atoms with E-state index in [9.17, 15) is 4.79 Å². The van der Waals surface area contributed by atoms with Crippen LogP contribution in [-0.4, -0.2) is 29.6 Å². The highest BCUT2D eigenvalue weighted by molar-refractivity contribution is 7.21. The lowest BCUT2D eigenvalue weighted by Crippen LogP contribution is -2.03. The molecule has 3 aromatic rings. The van der Waals surface area contributed by atoms with Crippen molar-refractivity contribution in [2.75, 3.05) is 13.7 Å². The highest BCUT2D eigenvalue weighted by atomic mass is 35.5. The van der Waals surface area contributed by atoms with Gasteiger partial charge in [-0.1, -0.05) is 11.6 Å². The highest BCUT2D eigenvalue weighted by Gasteiger charge is 2.13. The van der Waals surface area contributed by atoms with Gasteiger partial charge in [-0.3, -0.25) is 4.79 Å². The number of rotatable bonds is 4. The second-order valence-electron chi connectivity index (χ2n) is 4.63. The summed E-state index contributed by atoms with van der Waals surface area (Å²) in [5.41, 5.74) is 2.08. The number of hydrogen-bond donors (Lipinski definition) is 1. The predicted octanol–water partition coefficient (Wildman–Crippen LogP) is 3.80. The van der Waals surface area contributed by atoms with E-state index >= 15 is 0 Å². The third-order valence-electron chi connectivity index (χ3n) is 3.25. The molecule has 0 aliphatic rings. The lowest BCUT2D eigenvalue weighted by molar-refractivity contribution is 0.0904. The summed E-state index contributed by atoms with van der Waals surface area (Å²) >= 11 is 7.50. The van der Waals surface area contributed by atoms with E-state index in [1.54, 1.807) is 43.5 Å². The standard InChI is InChI=1S/C16H12ClNO3S/c1-21-14-5-3-10(17)7-11(14)16-18-12-4-2-9(13(20)8-19)6-15(12)22-16/h2-7,19H,8H2,1H3. The van der Waals surface area contributed by atoms with Crippen molar-refractivity contribution < 1.29 is 14.6 Å². The van der Waals surface area contributed by atoms with Crippen LogP contribution in [0.5, 0.6) is 5.75 Å². The van der Waals surface area contributed by atoms with Crippen molar-refractivity contribution in [3.8, 4) is 16.3 Å². The number of thiazole rings is 1. The van der Waals surface area contributed by atoms with Crippen LogP contribution in [0.3, 0.4) is 0 Å². The van der Waals surface area contributed by atoms with E-state index in [2.05, 4.69) is 4.98 Å². The van der Waals surface area contributed by atoms with Gasteiger partial charge in [-0.05, 0) is 36.4 Å². The molecule has 1 heterocycles. The normalized spacial score (nSPS) is 10.9. The molecule has 0 fully saturated rings. The first-order valence-corrected chi connectivity index (χ1v) is 7.70. The molecule has 0 spiro atoms. The predicted molar refractivity (Wildman–Crippen MR) is 88.0 cm³/mol. The monoisotopic (exact) mass is 333 g/mol. The molecule has 6 heteroatoms. The molecule has 112 valence electrons. The molecule has 2 aromatic carbocycles. The average Bonchev–Trinajstić information content (AvgIpc) is 2.96. The van der Waals surface area contributed by atoms with Gasteiger partial charge < -0.3 is 9.84 Å². The molecule has 4 nitrogen and oxygen atoms in total. The van der Waals surface area contributed by atoms with Crippen molar-refractivity contribution in [3.05, 3.63) is 47.0 Å². The maximum atomic E-state index is 11.6. The first-order valence-electron chi connectivity index (χ1n) is 6.51. The van der Waals surface area contributed by atoms with Crippen LogP contribution in [-0.2, 0) is 0 Å². The molecule has 3 rings (SSSR count). The van der Waals surface area contributed by atoms with Crippen molar-refractivity contribution in [1.82, 2.24) is 4.98 Å². The Morgan fingerprint density at radius 2 is 2.14 bits per heavy atom. The second-order valence-corrected chi connectivity index (χ2v) is 6.09. The number of methoxy groups -OCH3 is 1. The van der Waals surface area contributed by atoms with Crippen LogP contribution < -0.4 is 4.74 Å². The summed E-state index contributed by atoms with van der Waals surface area (Å²) in [6, 6.07) is 10.5. The average molecular weight is 334 g/mol. The van der Waals surface area contributed by atoms with Crippen LogP contribution in [0.4, 0.5) is 0 Å². The van der Waals surface area contributed by atoms with E-state index in [4.69, 9.17) is 21.4 Å². The van der Waals surface area contributed by atoms with Gasteiger partial charge in [0, 0.05) is 10.6 Å². The van der Waals surface area contributed by atoms with Gasteiger partial charge in [0.1, 0.15) is 17.4 Å². The van der Waals surface area contributed by atoms with Crippen molar-refractivity contribution in [3.63, 3.8) is 0 Å². The maximum Gasteiger partial charge on any atom is 0.188 e. The number of halogens is 1. The molecule has 0 saturated heterocycles. The zero-order valence-electron chi connectivity index (χ0n) is 11.7. The summed E-state index contributed by atoms with van der Waals surface area (Å²) in [7, 11) is 1.60. The maximum absolute atomic E-state index is 11.6. The Morgan fingerprint density at radius 1 is 1.32 bits per heavy atom. The highest BCUT2D eigenvalue weighted by Crippen LogP contribution is 2.37. The summed E-state index contributed by atoms with van der Waals surface area (Å²) < 4.78 is 6.22. The topological polar surface area (TPSA) is 59.4 Å². The first kappa shape index (κ1) is 15.0. The van der Waals surface area contributed by atoms with Gasteiger partial charge in [-0.2, -0.15) is 0 Å². The molecule has 0 amide bonds. The van der Waals surface area contributed by atoms with Crippen molar-refractivity contribution in [2.45, 2.75) is 0 Å². The van der Waals surface area contributed by atoms with E-state index in [-0.39, 0.29) is 5.78 Å². The number of carbonyl (C=O) groups is 1. The summed E-state index contributed by atoms with van der Waals surface area (Å²) in [4.78, 5) is 16.1. The number of benzene rings is 2. The minimum atomic E-state index is -0.501. The Balaban J connectivity index is 2.13. The quantitative estimate of drug-likeness (QED) is 0.738. The van der Waals surface area contributed by atoms with Crippen molar-refractivity contribution in [1.29, 1.82) is 0 Å². The lowest BCUT2D eigenvalue weighted by atomic mass is 10.1. The summed E-state index contributed by atoms with van der Waals surface area (Å²) in [5.74, 6) is 0.382. The van der Waals surface area contributed by atoms with Gasteiger partial charge in [-0.25, -0.2) is 4.98 Å². The fourth-order valence-electron chi connectivity index (χ4n) is 2.15. The molecule has 0 saturated carbocycles. The molecule has 1 N–H and O–H groups in total. The summed E-state index contributed by atoms with van der Waals surface area (Å²) in [6.07, 6.45) is 0. The minimum absolute atomic E-state index is 0.308. The van der Waals surface area contributed by atoms with E-state index in [1.165, 1.54) is 11.3 Å². The van der Waals surface area contributed by atoms with Gasteiger partial charge in [0.05, 0.1) is 22.9 Å². The zero-order chi connectivity index (χ0) is 15.7. The van der Waals surface area contributed by atoms with Crippen LogP contribution >= 0.6 is 22.9 Å². The van der Waals surface area contributed by atoms with Gasteiger partial charge in [0.25, 0.3) is 0 Å². The van der Waals surface area contributed by atoms with E-state index < -0.39 is 6.61 Å². The Kier molecular flexibility index (Phi) is 4.11. The van der Waals surface area contributed by atoms with Gasteiger partial charge in [-0.15, -0.1) is 11.3 Å². The Morgan fingerprint density at radius 3 is 2.86 bits per heavy atom. The van der Waals surface area contributed by atoms with Gasteiger partial charge in [0.15, 0.2) is 5.78 Å². The number of ketones is 1. The number of aliphatic hydroxyl groups excluding tert-OH is 1. The molecule has 0 aliphatic heterocycles. The van der Waals surface area contributed by atoms with Crippen LogP contribution in [0, 0.1) is 0 Å². The molecule has 0 radical (unpaired) electrons. The number of aliphatic hydroxyl groups is 1. The van der Waals surface area contributed by atoms with E-state index in [1.807, 2.05) is 0 Å². The molecule has 1 aromatic heterocycles. The van der Waals surface area contributed by atoms with E-state index in [0.29, 0.717) is 16.3 Å². The second kappa shape index (κ2) is 6.04. The number of carbonyl (C=O) groups excluding carboxylic acids is 1. The third kappa shape index (κ3) is 2.70. The molecule has 0 aliphatic carbocycles. The number of Topliss-reactive ketones (excluding diaryl/α,β-unsaturated/α-hetero) is 1. The number of ether oxygens (including phenoxy) is 1. The fourth-order valence-corrected chi connectivity index (χ4v) is 3.35. The smallest absolute Gasteiger partial charge is 0.188 e. The first-order chi connectivity index (χ1) is 10.6. The third-order valence-corrected chi connectivity index (χ3v) is 4.53. The molecule has 0 bridgehead atoms. The molecular formula is C16H12ClNO3S. The largest absolute Gasteiger partial charge is 0.496 e. The van der Waals surface area contributed by atoms with Crippen LogP contribution in [0.2, 0.25) is 5.02 Å². The molecule has 22 heavy (non-hydrogen) atoms. The Hall–Kier alpha value is -1.95.